The molecule has 70 valence electrons. The topological polar surface area (TPSA) is 44.6 Å². The lowest BCUT2D eigenvalue weighted by molar-refractivity contribution is 0.294. The van der Waals surface area contributed by atoms with E-state index in [2.05, 4.69) is 10.5 Å². The number of hydrazone groups is 1. The lowest BCUT2D eigenvalue weighted by atomic mass is 10.2. The third kappa shape index (κ3) is 3.71. The second-order valence-electron chi connectivity index (χ2n) is 2.80. The summed E-state index contributed by atoms with van der Waals surface area (Å²) in [5, 5.41) is 12.4. The standard InChI is InChI=1S/C10H14N2O/c1-9-3-2-4-10(7-9)8-12-11-5-6-13/h2-4,7-8,11,13H,5-6H2,1H3. The first kappa shape index (κ1) is 9.74. The monoisotopic (exact) mass is 178 g/mol. The average molecular weight is 178 g/mol. The number of aryl methyl sites for hydroxylation is 1. The number of aliphatic hydroxyl groups excluding tert-OH is 1. The van der Waals surface area contributed by atoms with E-state index in [-0.39, 0.29) is 6.61 Å². The molecule has 1 aromatic carbocycles. The number of benzene rings is 1. The zero-order valence-electron chi connectivity index (χ0n) is 7.70. The summed E-state index contributed by atoms with van der Waals surface area (Å²) < 4.78 is 0. The van der Waals surface area contributed by atoms with Crippen LogP contribution in [0.1, 0.15) is 11.1 Å². The van der Waals surface area contributed by atoms with Crippen molar-refractivity contribution in [2.24, 2.45) is 5.10 Å². The quantitative estimate of drug-likeness (QED) is 0.409. The molecule has 3 nitrogen and oxygen atoms in total. The maximum absolute atomic E-state index is 8.47. The van der Waals surface area contributed by atoms with Crippen LogP contribution < -0.4 is 5.43 Å². The zero-order chi connectivity index (χ0) is 9.52. The van der Waals surface area contributed by atoms with Gasteiger partial charge in [-0.15, -0.1) is 0 Å². The fourth-order valence-electron chi connectivity index (χ4n) is 0.985. The molecule has 0 radical (unpaired) electrons. The van der Waals surface area contributed by atoms with E-state index in [4.69, 9.17) is 5.11 Å². The van der Waals surface area contributed by atoms with Gasteiger partial charge in [-0.25, -0.2) is 0 Å². The molecule has 3 heteroatoms. The Morgan fingerprint density at radius 2 is 2.38 bits per heavy atom. The molecular weight excluding hydrogens is 164 g/mol. The third-order valence-corrected chi connectivity index (χ3v) is 1.57. The number of aliphatic hydroxyl groups is 1. The number of hydrogen-bond donors (Lipinski definition) is 2. The number of rotatable bonds is 4. The SMILES string of the molecule is Cc1cccc(C=NNCCO)c1. The van der Waals surface area contributed by atoms with Crippen LogP contribution in [0.15, 0.2) is 29.4 Å². The molecule has 0 aliphatic carbocycles. The summed E-state index contributed by atoms with van der Waals surface area (Å²) in [7, 11) is 0. The van der Waals surface area contributed by atoms with Crippen LogP contribution in [0.3, 0.4) is 0 Å². The molecule has 13 heavy (non-hydrogen) atoms. The smallest absolute Gasteiger partial charge is 0.0620 e. The van der Waals surface area contributed by atoms with Gasteiger partial charge in [0.2, 0.25) is 0 Å². The van der Waals surface area contributed by atoms with Crippen molar-refractivity contribution in [2.75, 3.05) is 13.2 Å². The van der Waals surface area contributed by atoms with E-state index in [0.717, 1.165) is 5.56 Å². The molecule has 0 atom stereocenters. The van der Waals surface area contributed by atoms with Gasteiger partial charge in [-0.05, 0) is 12.5 Å². The molecule has 0 aliphatic heterocycles. The van der Waals surface area contributed by atoms with Crippen molar-refractivity contribution in [3.05, 3.63) is 35.4 Å². The average Bonchev–Trinajstić information content (AvgIpc) is 2.13. The van der Waals surface area contributed by atoms with E-state index >= 15 is 0 Å². The molecule has 0 saturated heterocycles. The van der Waals surface area contributed by atoms with E-state index in [1.807, 2.05) is 31.2 Å². The lowest BCUT2D eigenvalue weighted by Gasteiger charge is -1.96. The van der Waals surface area contributed by atoms with Gasteiger partial charge in [-0.3, -0.25) is 0 Å². The van der Waals surface area contributed by atoms with Gasteiger partial charge in [0.05, 0.1) is 19.4 Å². The van der Waals surface area contributed by atoms with Crippen LogP contribution >= 0.6 is 0 Å². The molecule has 1 aromatic rings. The van der Waals surface area contributed by atoms with E-state index in [9.17, 15) is 0 Å². The van der Waals surface area contributed by atoms with Gasteiger partial charge in [-0.2, -0.15) is 5.10 Å². The minimum Gasteiger partial charge on any atom is -0.394 e. The largest absolute Gasteiger partial charge is 0.394 e. The van der Waals surface area contributed by atoms with Gasteiger partial charge < -0.3 is 10.5 Å². The zero-order valence-corrected chi connectivity index (χ0v) is 7.70. The molecular formula is C10H14N2O. The van der Waals surface area contributed by atoms with Gasteiger partial charge in [0.1, 0.15) is 0 Å². The predicted molar refractivity (Wildman–Crippen MR) is 53.9 cm³/mol. The molecule has 0 heterocycles. The van der Waals surface area contributed by atoms with Crippen LogP contribution in [-0.4, -0.2) is 24.5 Å². The van der Waals surface area contributed by atoms with Crippen molar-refractivity contribution in [1.29, 1.82) is 0 Å². The van der Waals surface area contributed by atoms with Crippen LogP contribution in [-0.2, 0) is 0 Å². The molecule has 0 aliphatic rings. The van der Waals surface area contributed by atoms with E-state index in [0.29, 0.717) is 6.54 Å². The molecule has 0 unspecified atom stereocenters. The van der Waals surface area contributed by atoms with Crippen molar-refractivity contribution in [3.8, 4) is 0 Å². The van der Waals surface area contributed by atoms with Crippen LogP contribution in [0.25, 0.3) is 0 Å². The van der Waals surface area contributed by atoms with Gasteiger partial charge >= 0.3 is 0 Å². The third-order valence-electron chi connectivity index (χ3n) is 1.57. The van der Waals surface area contributed by atoms with Gasteiger partial charge in [-0.1, -0.05) is 29.8 Å². The Hall–Kier alpha value is -1.35. The number of nitrogens with one attached hydrogen (secondary N) is 1. The molecule has 0 spiro atoms. The highest BCUT2D eigenvalue weighted by Gasteiger charge is 1.86. The minimum absolute atomic E-state index is 0.102. The first-order valence-electron chi connectivity index (χ1n) is 4.26. The Morgan fingerprint density at radius 1 is 1.54 bits per heavy atom. The maximum atomic E-state index is 8.47. The van der Waals surface area contributed by atoms with Gasteiger partial charge in [0.25, 0.3) is 0 Å². The van der Waals surface area contributed by atoms with Gasteiger partial charge in [0, 0.05) is 0 Å². The van der Waals surface area contributed by atoms with Crippen LogP contribution in [0.2, 0.25) is 0 Å². The van der Waals surface area contributed by atoms with E-state index < -0.39 is 0 Å². The lowest BCUT2D eigenvalue weighted by Crippen LogP contribution is -2.11. The Kier molecular flexibility index (Phi) is 3.99. The molecule has 0 fully saturated rings. The van der Waals surface area contributed by atoms with Crippen molar-refractivity contribution in [1.82, 2.24) is 5.43 Å². The summed E-state index contributed by atoms with van der Waals surface area (Å²) >= 11 is 0. The van der Waals surface area contributed by atoms with Crippen molar-refractivity contribution in [3.63, 3.8) is 0 Å². The Morgan fingerprint density at radius 3 is 3.08 bits per heavy atom. The predicted octanol–water partition coefficient (Wildman–Crippen LogP) is 0.911. The van der Waals surface area contributed by atoms with Crippen molar-refractivity contribution < 1.29 is 5.11 Å². The highest BCUT2D eigenvalue weighted by atomic mass is 16.3. The molecule has 2 N–H and O–H groups in total. The fourth-order valence-corrected chi connectivity index (χ4v) is 0.985. The number of hydrogen-bond acceptors (Lipinski definition) is 3. The summed E-state index contributed by atoms with van der Waals surface area (Å²) in [6.45, 7) is 2.63. The highest BCUT2D eigenvalue weighted by Crippen LogP contribution is 2.00. The number of nitrogens with zero attached hydrogens (tertiary/aromatic N) is 1. The second kappa shape index (κ2) is 5.32. The normalized spacial score (nSPS) is 10.6. The summed E-state index contributed by atoms with van der Waals surface area (Å²) in [6.07, 6.45) is 1.74. The second-order valence-corrected chi connectivity index (χ2v) is 2.80. The Bertz CT molecular complexity index is 284. The molecule has 0 aromatic heterocycles. The first-order valence-corrected chi connectivity index (χ1v) is 4.26. The summed E-state index contributed by atoms with van der Waals surface area (Å²) in [5.74, 6) is 0. The first-order chi connectivity index (χ1) is 6.33. The maximum Gasteiger partial charge on any atom is 0.0620 e. The summed E-state index contributed by atoms with van der Waals surface area (Å²) in [5.41, 5.74) is 5.00. The Labute approximate surface area is 78.1 Å². The minimum atomic E-state index is 0.102. The summed E-state index contributed by atoms with van der Waals surface area (Å²) in [4.78, 5) is 0. The van der Waals surface area contributed by atoms with E-state index in [1.54, 1.807) is 6.21 Å². The van der Waals surface area contributed by atoms with Crippen molar-refractivity contribution in [2.45, 2.75) is 6.92 Å². The van der Waals surface area contributed by atoms with Crippen molar-refractivity contribution >= 4 is 6.21 Å². The van der Waals surface area contributed by atoms with Crippen LogP contribution in [0, 0.1) is 6.92 Å². The molecule has 0 bridgehead atoms. The fraction of sp³-hybridized carbons (Fsp3) is 0.300. The molecule has 1 rings (SSSR count). The van der Waals surface area contributed by atoms with E-state index in [1.165, 1.54) is 5.56 Å². The van der Waals surface area contributed by atoms with Gasteiger partial charge in [0.15, 0.2) is 0 Å². The Balaban J connectivity index is 2.48. The molecule has 0 amide bonds. The summed E-state index contributed by atoms with van der Waals surface area (Å²) in [6, 6.07) is 8.06. The highest BCUT2D eigenvalue weighted by molar-refractivity contribution is 5.79. The van der Waals surface area contributed by atoms with Crippen LogP contribution in [0.4, 0.5) is 0 Å². The van der Waals surface area contributed by atoms with Crippen LogP contribution in [0.5, 0.6) is 0 Å². The molecule has 0 saturated carbocycles.